The summed E-state index contributed by atoms with van der Waals surface area (Å²) in [6, 6.07) is 4.69. The van der Waals surface area contributed by atoms with E-state index in [0.29, 0.717) is 0 Å². The molecule has 1 fully saturated rings. The molecule has 122 valence electrons. The molecule has 0 aliphatic carbocycles. The highest BCUT2D eigenvalue weighted by Crippen LogP contribution is 2.33. The first kappa shape index (κ1) is 16.9. The van der Waals surface area contributed by atoms with Crippen LogP contribution in [0.5, 0.6) is 0 Å². The first-order valence-electron chi connectivity index (χ1n) is 6.33. The lowest BCUT2D eigenvalue weighted by Crippen LogP contribution is -2.35. The zero-order valence-electron chi connectivity index (χ0n) is 11.8. The number of rotatable bonds is 4. The Balaban J connectivity index is 2.39. The Morgan fingerprint density at radius 1 is 1.27 bits per heavy atom. The smallest absolute Gasteiger partial charge is 0.310 e. The van der Waals surface area contributed by atoms with Gasteiger partial charge in [0.1, 0.15) is 0 Å². The van der Waals surface area contributed by atoms with Gasteiger partial charge in [0.05, 0.1) is 15.2 Å². The average Bonchev–Trinajstić information content (AvgIpc) is 2.83. The second kappa shape index (κ2) is 5.30. The monoisotopic (exact) mass is 348 g/mol. The van der Waals surface area contributed by atoms with Gasteiger partial charge in [-0.2, -0.15) is 4.31 Å². The zero-order valence-corrected chi connectivity index (χ0v) is 13.4. The molecule has 22 heavy (non-hydrogen) atoms. The van der Waals surface area contributed by atoms with Crippen LogP contribution in [-0.4, -0.2) is 45.3 Å². The number of primary sulfonamides is 1. The standard InChI is InChI=1S/C12H16N2O6S2/c1-12(11(15)16)5-6-14(8-12)22(19,20)10-4-2-3-9(7-10)21(13,17)18/h2-4,7H,5-6,8H2,1H3,(H,15,16)(H2,13,17,18). The van der Waals surface area contributed by atoms with Crippen molar-refractivity contribution in [1.82, 2.24) is 4.31 Å². The summed E-state index contributed by atoms with van der Waals surface area (Å²) in [6.07, 6.45) is 0.191. The molecule has 10 heteroatoms. The maximum Gasteiger partial charge on any atom is 0.310 e. The van der Waals surface area contributed by atoms with Gasteiger partial charge in [-0.25, -0.2) is 22.0 Å². The molecule has 1 heterocycles. The molecular formula is C12H16N2O6S2. The summed E-state index contributed by atoms with van der Waals surface area (Å²) >= 11 is 0. The van der Waals surface area contributed by atoms with Gasteiger partial charge in [-0.05, 0) is 31.5 Å². The molecule has 1 aromatic rings. The van der Waals surface area contributed by atoms with E-state index in [0.717, 1.165) is 10.4 Å². The Hall–Kier alpha value is -1.49. The van der Waals surface area contributed by atoms with Gasteiger partial charge >= 0.3 is 5.97 Å². The van der Waals surface area contributed by atoms with Crippen molar-refractivity contribution >= 4 is 26.0 Å². The Kier molecular flexibility index (Phi) is 4.07. The Morgan fingerprint density at radius 2 is 1.86 bits per heavy atom. The molecule has 1 aliphatic heterocycles. The van der Waals surface area contributed by atoms with E-state index in [1.165, 1.54) is 25.1 Å². The summed E-state index contributed by atoms with van der Waals surface area (Å²) in [5, 5.41) is 14.2. The third kappa shape index (κ3) is 3.00. The maximum absolute atomic E-state index is 12.5. The Labute approximate surface area is 128 Å². The number of carbonyl (C=O) groups is 1. The van der Waals surface area contributed by atoms with E-state index in [4.69, 9.17) is 10.2 Å². The summed E-state index contributed by atoms with van der Waals surface area (Å²) < 4.78 is 48.7. The van der Waals surface area contributed by atoms with E-state index in [1.54, 1.807) is 0 Å². The van der Waals surface area contributed by atoms with Crippen LogP contribution in [0.15, 0.2) is 34.1 Å². The minimum Gasteiger partial charge on any atom is -0.481 e. The van der Waals surface area contributed by atoms with Gasteiger partial charge in [0.15, 0.2) is 0 Å². The van der Waals surface area contributed by atoms with E-state index in [9.17, 15) is 21.6 Å². The summed E-state index contributed by atoms with van der Waals surface area (Å²) in [4.78, 5) is 10.7. The molecule has 0 saturated carbocycles. The molecule has 1 aromatic carbocycles. The quantitative estimate of drug-likeness (QED) is 0.775. The Bertz CT molecular complexity index is 818. The number of carboxylic acid groups (broad SMARTS) is 1. The van der Waals surface area contributed by atoms with Crippen LogP contribution < -0.4 is 5.14 Å². The average molecular weight is 348 g/mol. The normalized spacial score (nSPS) is 23.5. The van der Waals surface area contributed by atoms with Crippen molar-refractivity contribution in [2.75, 3.05) is 13.1 Å². The number of aliphatic carboxylic acids is 1. The molecule has 1 atom stereocenters. The van der Waals surface area contributed by atoms with Crippen molar-refractivity contribution in [2.45, 2.75) is 23.1 Å². The predicted octanol–water partition coefficient (Wildman–Crippen LogP) is -0.181. The van der Waals surface area contributed by atoms with Crippen molar-refractivity contribution in [3.05, 3.63) is 24.3 Å². The molecule has 2 rings (SSSR count). The highest BCUT2D eigenvalue weighted by atomic mass is 32.2. The van der Waals surface area contributed by atoms with E-state index < -0.39 is 31.4 Å². The maximum atomic E-state index is 12.5. The molecule has 1 unspecified atom stereocenters. The fraction of sp³-hybridized carbons (Fsp3) is 0.417. The molecule has 3 N–H and O–H groups in total. The number of hydrogen-bond donors (Lipinski definition) is 2. The van der Waals surface area contributed by atoms with Crippen LogP contribution >= 0.6 is 0 Å². The van der Waals surface area contributed by atoms with E-state index in [1.807, 2.05) is 0 Å². The molecule has 1 saturated heterocycles. The van der Waals surface area contributed by atoms with Crippen LogP contribution in [0.3, 0.4) is 0 Å². The number of carboxylic acids is 1. The second-order valence-electron chi connectivity index (χ2n) is 5.47. The summed E-state index contributed by atoms with van der Waals surface area (Å²) in [7, 11) is -8.00. The van der Waals surface area contributed by atoms with E-state index >= 15 is 0 Å². The van der Waals surface area contributed by atoms with Crippen LogP contribution in [0.2, 0.25) is 0 Å². The fourth-order valence-corrected chi connectivity index (χ4v) is 4.50. The number of benzene rings is 1. The highest BCUT2D eigenvalue weighted by molar-refractivity contribution is 7.90. The van der Waals surface area contributed by atoms with Gasteiger partial charge in [-0.15, -0.1) is 0 Å². The van der Waals surface area contributed by atoms with Crippen molar-refractivity contribution in [2.24, 2.45) is 10.6 Å². The largest absolute Gasteiger partial charge is 0.481 e. The van der Waals surface area contributed by atoms with Gasteiger partial charge in [0, 0.05) is 13.1 Å². The second-order valence-corrected chi connectivity index (χ2v) is 8.97. The topological polar surface area (TPSA) is 135 Å². The van der Waals surface area contributed by atoms with Gasteiger partial charge < -0.3 is 5.11 Å². The summed E-state index contributed by atoms with van der Waals surface area (Å²) in [5.74, 6) is -1.07. The lowest BCUT2D eigenvalue weighted by Gasteiger charge is -2.20. The molecule has 0 spiro atoms. The molecule has 0 amide bonds. The third-order valence-corrected chi connectivity index (χ3v) is 6.48. The number of nitrogens with two attached hydrogens (primary N) is 1. The first-order chi connectivity index (χ1) is 9.97. The van der Waals surface area contributed by atoms with Crippen LogP contribution in [0.4, 0.5) is 0 Å². The van der Waals surface area contributed by atoms with Gasteiger partial charge in [0.2, 0.25) is 20.0 Å². The number of sulfonamides is 2. The molecule has 1 aliphatic rings. The molecule has 0 radical (unpaired) electrons. The first-order valence-corrected chi connectivity index (χ1v) is 9.32. The summed E-state index contributed by atoms with van der Waals surface area (Å²) in [6.45, 7) is 1.38. The minimum absolute atomic E-state index is 0.0603. The van der Waals surface area contributed by atoms with Crippen LogP contribution in [0.1, 0.15) is 13.3 Å². The highest BCUT2D eigenvalue weighted by Gasteiger charge is 2.44. The summed E-state index contributed by atoms with van der Waals surface area (Å²) in [5.41, 5.74) is -1.15. The predicted molar refractivity (Wildman–Crippen MR) is 76.9 cm³/mol. The van der Waals surface area contributed by atoms with Gasteiger partial charge in [-0.1, -0.05) is 6.07 Å². The van der Waals surface area contributed by atoms with Crippen molar-refractivity contribution < 1.29 is 26.7 Å². The van der Waals surface area contributed by atoms with E-state index in [2.05, 4.69) is 0 Å². The third-order valence-electron chi connectivity index (χ3n) is 3.73. The van der Waals surface area contributed by atoms with Crippen molar-refractivity contribution in [1.29, 1.82) is 0 Å². The van der Waals surface area contributed by atoms with Crippen LogP contribution in [-0.2, 0) is 24.8 Å². The van der Waals surface area contributed by atoms with Gasteiger partial charge in [-0.3, -0.25) is 4.79 Å². The zero-order chi connectivity index (χ0) is 16.8. The number of nitrogens with zero attached hydrogens (tertiary/aromatic N) is 1. The number of hydrogen-bond acceptors (Lipinski definition) is 5. The molecule has 0 bridgehead atoms. The molecule has 0 aromatic heterocycles. The van der Waals surface area contributed by atoms with Crippen molar-refractivity contribution in [3.63, 3.8) is 0 Å². The van der Waals surface area contributed by atoms with E-state index in [-0.39, 0.29) is 29.3 Å². The van der Waals surface area contributed by atoms with Crippen molar-refractivity contribution in [3.8, 4) is 0 Å². The van der Waals surface area contributed by atoms with Crippen LogP contribution in [0.25, 0.3) is 0 Å². The fourth-order valence-electron chi connectivity index (χ4n) is 2.26. The minimum atomic E-state index is -4.02. The lowest BCUT2D eigenvalue weighted by atomic mass is 9.90. The molecule has 8 nitrogen and oxygen atoms in total. The molecular weight excluding hydrogens is 332 g/mol. The van der Waals surface area contributed by atoms with Gasteiger partial charge in [0.25, 0.3) is 0 Å². The lowest BCUT2D eigenvalue weighted by molar-refractivity contribution is -0.146. The Morgan fingerprint density at radius 3 is 2.36 bits per heavy atom. The SMILES string of the molecule is CC1(C(=O)O)CCN(S(=O)(=O)c2cccc(S(N)(=O)=O)c2)C1. The van der Waals surface area contributed by atoms with Crippen LogP contribution in [0, 0.1) is 5.41 Å².